The fourth-order valence-corrected chi connectivity index (χ4v) is 5.35. The highest BCUT2D eigenvalue weighted by atomic mass is 16.5. The number of ether oxygens (including phenoxy) is 1. The molecular formula is C34H40N6O3. The first kappa shape index (κ1) is 30.0. The van der Waals surface area contributed by atoms with Crippen molar-refractivity contribution in [3.8, 4) is 5.75 Å². The molecule has 0 spiro atoms. The number of para-hydroxylation sites is 1. The molecule has 0 bridgehead atoms. The second-order valence-electron chi connectivity index (χ2n) is 11.2. The van der Waals surface area contributed by atoms with Crippen LogP contribution in [0.25, 0.3) is 10.9 Å². The van der Waals surface area contributed by atoms with Gasteiger partial charge in [-0.25, -0.2) is 0 Å². The number of piperidine rings is 1. The summed E-state index contributed by atoms with van der Waals surface area (Å²) >= 11 is 0. The smallest absolute Gasteiger partial charge is 0.255 e. The highest BCUT2D eigenvalue weighted by Crippen LogP contribution is 2.33. The molecule has 1 aliphatic heterocycles. The fraction of sp³-hybridized carbons (Fsp3) is 0.324. The van der Waals surface area contributed by atoms with E-state index in [1.807, 2.05) is 67.5 Å². The molecule has 0 aliphatic carbocycles. The number of hydrogen-bond donors (Lipinski definition) is 3. The average molecular weight is 581 g/mol. The first-order valence-electron chi connectivity index (χ1n) is 14.7. The summed E-state index contributed by atoms with van der Waals surface area (Å²) in [6.45, 7) is 4.09. The minimum atomic E-state index is -0.215. The van der Waals surface area contributed by atoms with Gasteiger partial charge in [-0.2, -0.15) is 0 Å². The molecule has 224 valence electrons. The van der Waals surface area contributed by atoms with Gasteiger partial charge in [-0.05, 0) is 62.8 Å². The number of anilines is 2. The van der Waals surface area contributed by atoms with Gasteiger partial charge in [-0.3, -0.25) is 19.5 Å². The zero-order valence-electron chi connectivity index (χ0n) is 25.1. The van der Waals surface area contributed by atoms with Crippen molar-refractivity contribution in [2.24, 2.45) is 0 Å². The lowest BCUT2D eigenvalue weighted by Gasteiger charge is -2.32. The van der Waals surface area contributed by atoms with Crippen molar-refractivity contribution in [1.29, 1.82) is 0 Å². The minimum absolute atomic E-state index is 0.0758. The highest BCUT2D eigenvalue weighted by Gasteiger charge is 2.22. The number of carbonyl (C=O) groups excluding carboxylic acids is 2. The Labute approximate surface area is 253 Å². The molecule has 9 heteroatoms. The molecule has 0 radical (unpaired) electrons. The summed E-state index contributed by atoms with van der Waals surface area (Å²) in [5.41, 5.74) is 4.38. The number of fused-ring (bicyclic) bond motifs is 1. The normalized spacial score (nSPS) is 14.0. The quantitative estimate of drug-likeness (QED) is 0.237. The minimum Gasteiger partial charge on any atom is -0.494 e. The van der Waals surface area contributed by atoms with Gasteiger partial charge in [0.05, 0.1) is 18.4 Å². The van der Waals surface area contributed by atoms with Crippen molar-refractivity contribution in [2.75, 3.05) is 52.7 Å². The molecule has 3 N–H and O–H groups in total. The molecule has 0 atom stereocenters. The van der Waals surface area contributed by atoms with E-state index in [1.54, 1.807) is 13.3 Å². The van der Waals surface area contributed by atoms with Crippen LogP contribution in [0.3, 0.4) is 0 Å². The van der Waals surface area contributed by atoms with Gasteiger partial charge in [0.1, 0.15) is 11.3 Å². The second kappa shape index (κ2) is 14.1. The molecule has 2 heterocycles. The van der Waals surface area contributed by atoms with Gasteiger partial charge in [0.25, 0.3) is 11.8 Å². The molecule has 1 aromatic heterocycles. The van der Waals surface area contributed by atoms with E-state index in [-0.39, 0.29) is 17.9 Å². The van der Waals surface area contributed by atoms with E-state index in [4.69, 9.17) is 4.74 Å². The summed E-state index contributed by atoms with van der Waals surface area (Å²) < 4.78 is 5.52. The van der Waals surface area contributed by atoms with Crippen molar-refractivity contribution in [3.63, 3.8) is 0 Å². The van der Waals surface area contributed by atoms with Gasteiger partial charge in [0.2, 0.25) is 0 Å². The maximum absolute atomic E-state index is 13.2. The fourth-order valence-electron chi connectivity index (χ4n) is 5.35. The van der Waals surface area contributed by atoms with Gasteiger partial charge in [0, 0.05) is 61.6 Å². The standard InChI is InChI=1S/C34H40N6O3/c1-39(2)21-18-35-34(42)29-22-36-32-28(10-7-11-30(32)43-3)31(29)37-26-14-12-25(13-15-26)33(41)38-27-16-19-40(20-17-27)23-24-8-5-4-6-9-24/h4-15,22,27H,16-21,23H2,1-3H3,(H,35,42)(H,36,37)(H,38,41). The van der Waals surface area contributed by atoms with Crippen LogP contribution in [0, 0.1) is 0 Å². The van der Waals surface area contributed by atoms with Crippen LogP contribution >= 0.6 is 0 Å². The van der Waals surface area contributed by atoms with Crippen LogP contribution in [0.2, 0.25) is 0 Å². The molecule has 9 nitrogen and oxygen atoms in total. The molecule has 43 heavy (non-hydrogen) atoms. The predicted octanol–water partition coefficient (Wildman–Crippen LogP) is 4.67. The van der Waals surface area contributed by atoms with E-state index >= 15 is 0 Å². The van der Waals surface area contributed by atoms with Crippen molar-refractivity contribution >= 4 is 34.1 Å². The summed E-state index contributed by atoms with van der Waals surface area (Å²) in [6, 6.07) is 23.6. The van der Waals surface area contributed by atoms with E-state index in [0.717, 1.165) is 50.1 Å². The molecule has 3 aromatic carbocycles. The zero-order chi connectivity index (χ0) is 30.2. The van der Waals surface area contributed by atoms with E-state index in [9.17, 15) is 9.59 Å². The van der Waals surface area contributed by atoms with Crippen molar-refractivity contribution in [2.45, 2.75) is 25.4 Å². The molecular weight excluding hydrogens is 540 g/mol. The van der Waals surface area contributed by atoms with Crippen molar-refractivity contribution < 1.29 is 14.3 Å². The van der Waals surface area contributed by atoms with Crippen LogP contribution in [0.5, 0.6) is 5.75 Å². The first-order chi connectivity index (χ1) is 20.9. The molecule has 1 fully saturated rings. The largest absolute Gasteiger partial charge is 0.494 e. The Kier molecular flexibility index (Phi) is 9.86. The number of aromatic nitrogens is 1. The maximum atomic E-state index is 13.2. The van der Waals surface area contributed by atoms with Crippen molar-refractivity contribution in [1.82, 2.24) is 25.4 Å². The van der Waals surface area contributed by atoms with Crippen LogP contribution < -0.4 is 20.7 Å². The number of amides is 2. The molecule has 2 amide bonds. The van der Waals surface area contributed by atoms with Gasteiger partial charge < -0.3 is 25.6 Å². The third-order valence-electron chi connectivity index (χ3n) is 7.76. The third kappa shape index (κ3) is 7.68. The lowest BCUT2D eigenvalue weighted by Crippen LogP contribution is -2.44. The Morgan fingerprint density at radius 1 is 0.953 bits per heavy atom. The third-order valence-corrected chi connectivity index (χ3v) is 7.76. The van der Waals surface area contributed by atoms with Crippen LogP contribution in [0.15, 0.2) is 79.0 Å². The summed E-state index contributed by atoms with van der Waals surface area (Å²) in [7, 11) is 5.52. The number of pyridine rings is 1. The Morgan fingerprint density at radius 2 is 1.70 bits per heavy atom. The van der Waals surface area contributed by atoms with Gasteiger partial charge in [-0.1, -0.05) is 42.5 Å². The summed E-state index contributed by atoms with van der Waals surface area (Å²) in [5.74, 6) is 0.332. The van der Waals surface area contributed by atoms with Crippen LogP contribution in [0.4, 0.5) is 11.4 Å². The van der Waals surface area contributed by atoms with Crippen LogP contribution in [-0.4, -0.2) is 80.0 Å². The Bertz CT molecular complexity index is 1530. The highest BCUT2D eigenvalue weighted by molar-refractivity contribution is 6.09. The van der Waals surface area contributed by atoms with E-state index in [1.165, 1.54) is 5.56 Å². The van der Waals surface area contributed by atoms with Crippen LogP contribution in [0.1, 0.15) is 39.1 Å². The molecule has 0 saturated carbocycles. The monoisotopic (exact) mass is 580 g/mol. The SMILES string of the molecule is COc1cccc2c(Nc3ccc(C(=O)NC4CCN(Cc5ccccc5)CC4)cc3)c(C(=O)NCCN(C)C)cnc12. The number of rotatable bonds is 11. The first-order valence-corrected chi connectivity index (χ1v) is 14.7. The molecule has 4 aromatic rings. The number of methoxy groups -OCH3 is 1. The van der Waals surface area contributed by atoms with E-state index in [0.29, 0.717) is 34.6 Å². The molecule has 1 aliphatic rings. The summed E-state index contributed by atoms with van der Waals surface area (Å²) in [6.07, 6.45) is 3.43. The number of carbonyl (C=O) groups is 2. The number of nitrogens with one attached hydrogen (secondary N) is 3. The molecule has 0 unspecified atom stereocenters. The number of nitrogens with zero attached hydrogens (tertiary/aromatic N) is 3. The van der Waals surface area contributed by atoms with Gasteiger partial charge in [-0.15, -0.1) is 0 Å². The summed E-state index contributed by atoms with van der Waals surface area (Å²) in [5, 5.41) is 10.4. The van der Waals surface area contributed by atoms with Gasteiger partial charge >= 0.3 is 0 Å². The number of likely N-dealkylation sites (N-methyl/N-ethyl adjacent to an activating group) is 1. The maximum Gasteiger partial charge on any atom is 0.255 e. The average Bonchev–Trinajstić information content (AvgIpc) is 3.02. The number of hydrogen-bond acceptors (Lipinski definition) is 7. The Hall–Kier alpha value is -4.47. The topological polar surface area (TPSA) is 98.8 Å². The Balaban J connectivity index is 1.25. The lowest BCUT2D eigenvalue weighted by molar-refractivity contribution is 0.0907. The van der Waals surface area contributed by atoms with Crippen LogP contribution in [-0.2, 0) is 6.54 Å². The zero-order valence-corrected chi connectivity index (χ0v) is 25.1. The Morgan fingerprint density at radius 3 is 2.40 bits per heavy atom. The van der Waals surface area contributed by atoms with E-state index in [2.05, 4.69) is 50.1 Å². The van der Waals surface area contributed by atoms with E-state index < -0.39 is 0 Å². The lowest BCUT2D eigenvalue weighted by atomic mass is 10.0. The molecule has 5 rings (SSSR count). The summed E-state index contributed by atoms with van der Waals surface area (Å²) in [4.78, 5) is 35.2. The number of benzene rings is 3. The number of likely N-dealkylation sites (tertiary alicyclic amines) is 1. The predicted molar refractivity (Wildman–Crippen MR) is 171 cm³/mol. The van der Waals surface area contributed by atoms with Crippen molar-refractivity contribution in [3.05, 3.63) is 95.7 Å². The second-order valence-corrected chi connectivity index (χ2v) is 11.2. The molecule has 1 saturated heterocycles. The van der Waals surface area contributed by atoms with Gasteiger partial charge in [0.15, 0.2) is 0 Å².